The topological polar surface area (TPSA) is 58.2 Å². The van der Waals surface area contributed by atoms with Gasteiger partial charge in [-0.25, -0.2) is 0 Å². The molecule has 0 aromatic heterocycles. The van der Waals surface area contributed by atoms with Crippen LogP contribution in [0.2, 0.25) is 0 Å². The zero-order chi connectivity index (χ0) is 15.1. The summed E-state index contributed by atoms with van der Waals surface area (Å²) in [5, 5.41) is 4.63. The summed E-state index contributed by atoms with van der Waals surface area (Å²) < 4.78 is 0. The SMILES string of the molecule is O=C1CC(=O)NC(=S)N1.c1ccc(-c2ccccc2)cc1. The number of hydrogen-bond donors (Lipinski definition) is 2. The predicted octanol–water partition coefficient (Wildman–Crippen LogP) is 2.26. The van der Waals surface area contributed by atoms with E-state index in [9.17, 15) is 9.59 Å². The Labute approximate surface area is 128 Å². The minimum atomic E-state index is -0.344. The molecule has 106 valence electrons. The zero-order valence-corrected chi connectivity index (χ0v) is 12.0. The first-order chi connectivity index (χ1) is 10.1. The first-order valence-electron chi connectivity index (χ1n) is 6.39. The molecule has 21 heavy (non-hydrogen) atoms. The number of nitrogens with one attached hydrogen (secondary N) is 2. The lowest BCUT2D eigenvalue weighted by molar-refractivity contribution is -0.129. The number of hydrogen-bond acceptors (Lipinski definition) is 3. The maximum atomic E-state index is 10.4. The van der Waals surface area contributed by atoms with Crippen LogP contribution in [0, 0.1) is 0 Å². The van der Waals surface area contributed by atoms with E-state index < -0.39 is 0 Å². The quantitative estimate of drug-likeness (QED) is 0.627. The summed E-state index contributed by atoms with van der Waals surface area (Å²) in [6, 6.07) is 20.8. The minimum Gasteiger partial charge on any atom is -0.302 e. The average molecular weight is 298 g/mol. The van der Waals surface area contributed by atoms with Crippen molar-refractivity contribution in [1.82, 2.24) is 10.6 Å². The molecular formula is C16H14N2O2S. The van der Waals surface area contributed by atoms with Crippen LogP contribution in [-0.2, 0) is 9.59 Å². The summed E-state index contributed by atoms with van der Waals surface area (Å²) in [5.41, 5.74) is 2.55. The van der Waals surface area contributed by atoms with E-state index in [0.29, 0.717) is 0 Å². The molecule has 4 nitrogen and oxygen atoms in total. The largest absolute Gasteiger partial charge is 0.302 e. The molecule has 0 unspecified atom stereocenters. The second kappa shape index (κ2) is 7.31. The Morgan fingerprint density at radius 2 is 1.10 bits per heavy atom. The lowest BCUT2D eigenvalue weighted by Gasteiger charge is -2.12. The van der Waals surface area contributed by atoms with Crippen LogP contribution in [0.1, 0.15) is 6.42 Å². The minimum absolute atomic E-state index is 0.0938. The summed E-state index contributed by atoms with van der Waals surface area (Å²) >= 11 is 4.50. The number of rotatable bonds is 1. The van der Waals surface area contributed by atoms with Gasteiger partial charge in [-0.05, 0) is 23.3 Å². The van der Waals surface area contributed by atoms with Crippen molar-refractivity contribution in [2.24, 2.45) is 0 Å². The maximum absolute atomic E-state index is 10.4. The van der Waals surface area contributed by atoms with Gasteiger partial charge in [0.25, 0.3) is 0 Å². The molecule has 1 aliphatic heterocycles. The molecule has 1 aliphatic rings. The molecule has 1 fully saturated rings. The number of amides is 2. The van der Waals surface area contributed by atoms with Gasteiger partial charge in [0, 0.05) is 0 Å². The third-order valence-corrected chi connectivity index (χ3v) is 2.91. The normalized spacial score (nSPS) is 13.6. The van der Waals surface area contributed by atoms with Crippen molar-refractivity contribution in [3.05, 3.63) is 60.7 Å². The summed E-state index contributed by atoms with van der Waals surface area (Å²) in [5.74, 6) is -0.687. The molecule has 0 bridgehead atoms. The molecule has 2 amide bonds. The number of carbonyl (C=O) groups excluding carboxylic acids is 2. The van der Waals surface area contributed by atoms with Crippen LogP contribution in [0.3, 0.4) is 0 Å². The van der Waals surface area contributed by atoms with Gasteiger partial charge >= 0.3 is 0 Å². The molecule has 2 aromatic rings. The van der Waals surface area contributed by atoms with Crippen LogP contribution in [0.5, 0.6) is 0 Å². The maximum Gasteiger partial charge on any atom is 0.235 e. The van der Waals surface area contributed by atoms with E-state index in [4.69, 9.17) is 0 Å². The third-order valence-electron chi connectivity index (χ3n) is 2.71. The first kappa shape index (κ1) is 14.9. The van der Waals surface area contributed by atoms with Gasteiger partial charge in [-0.1, -0.05) is 60.7 Å². The molecule has 0 saturated carbocycles. The molecule has 0 aliphatic carbocycles. The molecule has 0 radical (unpaired) electrons. The standard InChI is InChI=1S/C12H10.C4H4N2O2S/c1-3-7-11(8-4-1)12-9-5-2-6-10-12;7-2-1-3(8)6-4(9)5-2/h1-10H;1H2,(H2,5,6,7,8,9). The van der Waals surface area contributed by atoms with E-state index in [2.05, 4.69) is 71.4 Å². The van der Waals surface area contributed by atoms with Crippen molar-refractivity contribution in [3.8, 4) is 11.1 Å². The second-order valence-corrected chi connectivity index (χ2v) is 4.74. The van der Waals surface area contributed by atoms with E-state index in [1.54, 1.807) is 0 Å². The molecule has 1 saturated heterocycles. The van der Waals surface area contributed by atoms with Gasteiger partial charge in [-0.3, -0.25) is 9.59 Å². The smallest absolute Gasteiger partial charge is 0.235 e. The predicted molar refractivity (Wildman–Crippen MR) is 85.4 cm³/mol. The molecule has 2 N–H and O–H groups in total. The zero-order valence-electron chi connectivity index (χ0n) is 11.2. The Morgan fingerprint density at radius 1 is 0.714 bits per heavy atom. The lowest BCUT2D eigenvalue weighted by Crippen LogP contribution is -2.49. The highest BCUT2D eigenvalue weighted by Crippen LogP contribution is 2.17. The van der Waals surface area contributed by atoms with Crippen LogP contribution in [0.4, 0.5) is 0 Å². The van der Waals surface area contributed by atoms with E-state index >= 15 is 0 Å². The van der Waals surface area contributed by atoms with Crippen LogP contribution in [-0.4, -0.2) is 16.9 Å². The van der Waals surface area contributed by atoms with E-state index in [1.807, 2.05) is 12.1 Å². The fourth-order valence-corrected chi connectivity index (χ4v) is 2.01. The van der Waals surface area contributed by atoms with Gasteiger partial charge < -0.3 is 10.6 Å². The average Bonchev–Trinajstić information content (AvgIpc) is 2.48. The van der Waals surface area contributed by atoms with Gasteiger partial charge in [0.1, 0.15) is 6.42 Å². The fraction of sp³-hybridized carbons (Fsp3) is 0.0625. The van der Waals surface area contributed by atoms with Crippen molar-refractivity contribution in [1.29, 1.82) is 0 Å². The monoisotopic (exact) mass is 298 g/mol. The van der Waals surface area contributed by atoms with Crippen LogP contribution < -0.4 is 10.6 Å². The van der Waals surface area contributed by atoms with Crippen molar-refractivity contribution in [2.45, 2.75) is 6.42 Å². The Kier molecular flexibility index (Phi) is 5.17. The molecule has 3 rings (SSSR count). The molecule has 2 aromatic carbocycles. The number of carbonyl (C=O) groups is 2. The highest BCUT2D eigenvalue weighted by Gasteiger charge is 2.17. The van der Waals surface area contributed by atoms with Gasteiger partial charge in [-0.2, -0.15) is 0 Å². The van der Waals surface area contributed by atoms with Gasteiger partial charge in [0.05, 0.1) is 0 Å². The first-order valence-corrected chi connectivity index (χ1v) is 6.80. The van der Waals surface area contributed by atoms with Crippen molar-refractivity contribution < 1.29 is 9.59 Å². The molecular weight excluding hydrogens is 284 g/mol. The van der Waals surface area contributed by atoms with E-state index in [0.717, 1.165) is 0 Å². The van der Waals surface area contributed by atoms with E-state index in [1.165, 1.54) is 11.1 Å². The highest BCUT2D eigenvalue weighted by molar-refractivity contribution is 7.80. The number of benzene rings is 2. The summed E-state index contributed by atoms with van der Waals surface area (Å²) in [6.07, 6.45) is -0.125. The lowest BCUT2D eigenvalue weighted by atomic mass is 10.1. The van der Waals surface area contributed by atoms with Crippen molar-refractivity contribution in [3.63, 3.8) is 0 Å². The van der Waals surface area contributed by atoms with Gasteiger partial charge in [0.2, 0.25) is 11.8 Å². The fourth-order valence-electron chi connectivity index (χ4n) is 1.78. The van der Waals surface area contributed by atoms with Crippen LogP contribution in [0.15, 0.2) is 60.7 Å². The Bertz CT molecular complexity index is 559. The molecule has 0 atom stereocenters. The van der Waals surface area contributed by atoms with Crippen molar-refractivity contribution >= 4 is 29.1 Å². The summed E-state index contributed by atoms with van der Waals surface area (Å²) in [4.78, 5) is 20.8. The third kappa shape index (κ3) is 4.81. The summed E-state index contributed by atoms with van der Waals surface area (Å²) in [6.45, 7) is 0. The van der Waals surface area contributed by atoms with Crippen LogP contribution >= 0.6 is 12.2 Å². The molecule has 0 spiro atoms. The number of thiocarbonyl (C=S) groups is 1. The van der Waals surface area contributed by atoms with Crippen molar-refractivity contribution in [2.75, 3.05) is 0 Å². The molecule has 1 heterocycles. The summed E-state index contributed by atoms with van der Waals surface area (Å²) in [7, 11) is 0. The Balaban J connectivity index is 0.000000161. The van der Waals surface area contributed by atoms with Gasteiger partial charge in [0.15, 0.2) is 5.11 Å². The van der Waals surface area contributed by atoms with E-state index in [-0.39, 0.29) is 23.3 Å². The highest BCUT2D eigenvalue weighted by atomic mass is 32.1. The Hall–Kier alpha value is -2.53. The van der Waals surface area contributed by atoms with Gasteiger partial charge in [-0.15, -0.1) is 0 Å². The van der Waals surface area contributed by atoms with Crippen LogP contribution in [0.25, 0.3) is 11.1 Å². The Morgan fingerprint density at radius 3 is 1.43 bits per heavy atom. The molecule has 5 heteroatoms. The second-order valence-electron chi connectivity index (χ2n) is 4.33.